The highest BCUT2D eigenvalue weighted by molar-refractivity contribution is 6.29. The maximum Gasteiger partial charge on any atom is 0.266 e. The molecule has 9 heteroatoms. The van der Waals surface area contributed by atoms with Crippen molar-refractivity contribution < 1.29 is 9.53 Å². The van der Waals surface area contributed by atoms with Gasteiger partial charge in [0.15, 0.2) is 11.6 Å². The molecule has 8 N–H and O–H groups in total. The van der Waals surface area contributed by atoms with Crippen LogP contribution in [-0.4, -0.2) is 25.1 Å². The van der Waals surface area contributed by atoms with Crippen LogP contribution in [0.25, 0.3) is 0 Å². The van der Waals surface area contributed by atoms with E-state index in [1.165, 1.54) is 19.4 Å². The SMILES string of the molecule is CC=NC(=N)c1cccc(NC(/C=C(\N)Cl)=C(/N)C(N)=O)c1OC. The Kier molecular flexibility index (Phi) is 6.81. The number of benzene rings is 1. The van der Waals surface area contributed by atoms with Crippen LogP contribution < -0.4 is 27.3 Å². The van der Waals surface area contributed by atoms with Gasteiger partial charge in [-0.05, 0) is 25.1 Å². The molecule has 1 aromatic rings. The number of nitrogens with two attached hydrogens (primary N) is 3. The minimum absolute atomic E-state index is 0.0128. The van der Waals surface area contributed by atoms with E-state index in [2.05, 4.69) is 10.3 Å². The number of rotatable bonds is 6. The van der Waals surface area contributed by atoms with Gasteiger partial charge in [-0.2, -0.15) is 0 Å². The number of amidine groups is 1. The number of nitrogens with one attached hydrogen (secondary N) is 2. The first-order valence-corrected chi connectivity index (χ1v) is 7.13. The quantitative estimate of drug-likeness (QED) is 0.172. The fourth-order valence-corrected chi connectivity index (χ4v) is 1.95. The number of hydrogen-bond acceptors (Lipinski definition) is 6. The third kappa shape index (κ3) is 4.75. The number of methoxy groups -OCH3 is 1. The number of amides is 1. The molecule has 0 bridgehead atoms. The van der Waals surface area contributed by atoms with Crippen LogP contribution in [0.2, 0.25) is 0 Å². The molecule has 1 amide bonds. The molecule has 128 valence electrons. The summed E-state index contributed by atoms with van der Waals surface area (Å²) in [7, 11) is 1.44. The number of hydrogen-bond donors (Lipinski definition) is 5. The van der Waals surface area contributed by atoms with Gasteiger partial charge in [0.05, 0.1) is 24.1 Å². The Morgan fingerprint density at radius 1 is 1.38 bits per heavy atom. The highest BCUT2D eigenvalue weighted by Crippen LogP contribution is 2.31. The molecule has 0 aliphatic heterocycles. The van der Waals surface area contributed by atoms with Gasteiger partial charge in [-0.25, -0.2) is 4.99 Å². The van der Waals surface area contributed by atoms with Gasteiger partial charge in [-0.15, -0.1) is 0 Å². The van der Waals surface area contributed by atoms with Gasteiger partial charge < -0.3 is 27.3 Å². The Bertz CT molecular complexity index is 735. The van der Waals surface area contributed by atoms with Crippen molar-refractivity contribution in [2.45, 2.75) is 6.92 Å². The van der Waals surface area contributed by atoms with Gasteiger partial charge in [-0.1, -0.05) is 17.7 Å². The molecule has 0 aliphatic rings. The van der Waals surface area contributed by atoms with Crippen molar-refractivity contribution in [3.63, 3.8) is 0 Å². The zero-order valence-electron chi connectivity index (χ0n) is 13.3. The zero-order valence-corrected chi connectivity index (χ0v) is 14.0. The highest BCUT2D eigenvalue weighted by Gasteiger charge is 2.15. The average Bonchev–Trinajstić information content (AvgIpc) is 2.52. The number of allylic oxidation sites excluding steroid dienone is 1. The van der Waals surface area contributed by atoms with E-state index in [0.717, 1.165) is 0 Å². The lowest BCUT2D eigenvalue weighted by molar-refractivity contribution is -0.114. The first-order valence-electron chi connectivity index (χ1n) is 6.75. The molecule has 0 saturated heterocycles. The summed E-state index contributed by atoms with van der Waals surface area (Å²) in [6, 6.07) is 5.02. The van der Waals surface area contributed by atoms with Crippen molar-refractivity contribution >= 4 is 35.2 Å². The predicted octanol–water partition coefficient (Wildman–Crippen LogP) is 1.22. The van der Waals surface area contributed by atoms with Crippen LogP contribution >= 0.6 is 11.6 Å². The zero-order chi connectivity index (χ0) is 18.3. The van der Waals surface area contributed by atoms with E-state index in [0.29, 0.717) is 17.0 Å². The summed E-state index contributed by atoms with van der Waals surface area (Å²) in [5.74, 6) is -0.492. The Balaban J connectivity index is 3.43. The fourth-order valence-electron chi connectivity index (χ4n) is 1.84. The van der Waals surface area contributed by atoms with Crippen molar-refractivity contribution in [2.24, 2.45) is 22.2 Å². The van der Waals surface area contributed by atoms with Crippen LogP contribution in [0.4, 0.5) is 5.69 Å². The van der Waals surface area contributed by atoms with Crippen LogP contribution in [0.1, 0.15) is 12.5 Å². The lowest BCUT2D eigenvalue weighted by Crippen LogP contribution is -2.24. The molecule has 0 radical (unpaired) electrons. The normalized spacial score (nSPS) is 12.7. The molecule has 0 aromatic heterocycles. The third-order valence-corrected chi connectivity index (χ3v) is 2.95. The molecular formula is C15H19ClN6O2. The molecular weight excluding hydrogens is 332 g/mol. The smallest absolute Gasteiger partial charge is 0.266 e. The standard InChI is InChI=1S/C15H19ClN6O2/c1-3-21-14(19)8-5-4-6-9(13(8)24-2)22-10(7-11(16)17)12(18)15(20)23/h3-7,19,22H,17-18H2,1-2H3,(H2,20,23)/b11-7-,12-10+,19-14?,21-3?. The van der Waals surface area contributed by atoms with Crippen molar-refractivity contribution in [2.75, 3.05) is 12.4 Å². The van der Waals surface area contributed by atoms with Gasteiger partial charge in [0.25, 0.3) is 5.91 Å². The van der Waals surface area contributed by atoms with Crippen molar-refractivity contribution in [3.8, 4) is 5.75 Å². The van der Waals surface area contributed by atoms with Gasteiger partial charge in [-0.3, -0.25) is 10.2 Å². The van der Waals surface area contributed by atoms with Gasteiger partial charge in [0, 0.05) is 6.21 Å². The molecule has 0 atom stereocenters. The minimum Gasteiger partial charge on any atom is -0.494 e. The maximum atomic E-state index is 11.3. The summed E-state index contributed by atoms with van der Waals surface area (Å²) in [5, 5.41) is 10.7. The van der Waals surface area contributed by atoms with E-state index in [9.17, 15) is 4.79 Å². The highest BCUT2D eigenvalue weighted by atomic mass is 35.5. The van der Waals surface area contributed by atoms with E-state index >= 15 is 0 Å². The Hall–Kier alpha value is -3.00. The molecule has 24 heavy (non-hydrogen) atoms. The van der Waals surface area contributed by atoms with Crippen LogP contribution in [0.3, 0.4) is 0 Å². The summed E-state index contributed by atoms with van der Waals surface area (Å²) in [5.41, 5.74) is 17.0. The van der Waals surface area contributed by atoms with Crippen molar-refractivity contribution in [1.29, 1.82) is 5.41 Å². The maximum absolute atomic E-state index is 11.3. The van der Waals surface area contributed by atoms with E-state index in [1.54, 1.807) is 25.1 Å². The minimum atomic E-state index is -0.842. The summed E-state index contributed by atoms with van der Waals surface area (Å²) in [6.45, 7) is 1.70. The number of aliphatic imine (C=N–C) groups is 1. The molecule has 0 unspecified atom stereocenters. The van der Waals surface area contributed by atoms with Gasteiger partial charge in [0.2, 0.25) is 0 Å². The number of halogens is 1. The number of ether oxygens (including phenoxy) is 1. The molecule has 0 saturated carbocycles. The fraction of sp³-hybridized carbons (Fsp3) is 0.133. The summed E-state index contributed by atoms with van der Waals surface area (Å²) in [4.78, 5) is 15.3. The number of nitrogens with zero attached hydrogens (tertiary/aromatic N) is 1. The monoisotopic (exact) mass is 350 g/mol. The van der Waals surface area contributed by atoms with Gasteiger partial charge >= 0.3 is 0 Å². The predicted molar refractivity (Wildman–Crippen MR) is 96.1 cm³/mol. The summed E-state index contributed by atoms with van der Waals surface area (Å²) < 4.78 is 5.35. The second-order valence-electron chi connectivity index (χ2n) is 4.47. The molecule has 1 aromatic carbocycles. The lowest BCUT2D eigenvalue weighted by atomic mass is 10.1. The first kappa shape index (κ1) is 19.0. The second-order valence-corrected chi connectivity index (χ2v) is 4.90. The molecule has 8 nitrogen and oxygen atoms in total. The van der Waals surface area contributed by atoms with Crippen LogP contribution in [-0.2, 0) is 4.79 Å². The molecule has 1 rings (SSSR count). The third-order valence-electron chi connectivity index (χ3n) is 2.84. The largest absolute Gasteiger partial charge is 0.494 e. The van der Waals surface area contributed by atoms with Crippen LogP contribution in [0.5, 0.6) is 5.75 Å². The van der Waals surface area contributed by atoms with Gasteiger partial charge in [0.1, 0.15) is 10.9 Å². The summed E-state index contributed by atoms with van der Waals surface area (Å²) in [6.07, 6.45) is 2.75. The average molecular weight is 351 g/mol. The molecule has 0 aliphatic carbocycles. The van der Waals surface area contributed by atoms with Crippen LogP contribution in [0.15, 0.2) is 45.8 Å². The molecule has 0 fully saturated rings. The summed E-state index contributed by atoms with van der Waals surface area (Å²) >= 11 is 5.66. The number of para-hydroxylation sites is 1. The lowest BCUT2D eigenvalue weighted by Gasteiger charge is -2.16. The molecule has 0 spiro atoms. The number of carbonyl (C=O) groups excluding carboxylic acids is 1. The first-order chi connectivity index (χ1) is 11.3. The Morgan fingerprint density at radius 3 is 2.54 bits per heavy atom. The number of primary amides is 1. The van der Waals surface area contributed by atoms with Crippen LogP contribution in [0, 0.1) is 5.41 Å². The Morgan fingerprint density at radius 2 is 2.04 bits per heavy atom. The van der Waals surface area contributed by atoms with Crippen molar-refractivity contribution in [1.82, 2.24) is 0 Å². The Labute approximate surface area is 144 Å². The van der Waals surface area contributed by atoms with E-state index in [-0.39, 0.29) is 22.4 Å². The second kappa shape index (κ2) is 8.59. The van der Waals surface area contributed by atoms with E-state index in [4.69, 9.17) is 38.9 Å². The molecule has 0 heterocycles. The number of carbonyl (C=O) groups is 1. The topological polar surface area (TPSA) is 153 Å². The van der Waals surface area contributed by atoms with E-state index < -0.39 is 5.91 Å². The van der Waals surface area contributed by atoms with Crippen molar-refractivity contribution in [3.05, 3.63) is 46.4 Å². The van der Waals surface area contributed by atoms with E-state index in [1.807, 2.05) is 0 Å². The number of anilines is 1.